The second-order valence-electron chi connectivity index (χ2n) is 6.14. The molecule has 1 aromatic rings. The van der Waals surface area contributed by atoms with Crippen LogP contribution in [0.4, 0.5) is 0 Å². The van der Waals surface area contributed by atoms with E-state index in [1.54, 1.807) is 0 Å². The molecule has 0 aliphatic heterocycles. The van der Waals surface area contributed by atoms with E-state index in [1.807, 2.05) is 24.3 Å². The van der Waals surface area contributed by atoms with E-state index in [-0.39, 0.29) is 5.04 Å². The van der Waals surface area contributed by atoms with Crippen LogP contribution in [0.1, 0.15) is 32.8 Å². The van der Waals surface area contributed by atoms with Crippen molar-refractivity contribution < 1.29 is 4.43 Å². The van der Waals surface area contributed by atoms with Crippen molar-refractivity contribution in [1.82, 2.24) is 0 Å². The number of benzene rings is 1. The Morgan fingerprint density at radius 2 is 1.84 bits per heavy atom. The molecule has 1 nitrogen and oxygen atoms in total. The van der Waals surface area contributed by atoms with Crippen LogP contribution in [0.3, 0.4) is 0 Å². The van der Waals surface area contributed by atoms with Crippen LogP contribution in [0.15, 0.2) is 24.3 Å². The smallest absolute Gasteiger partial charge is 0.192 e. The first-order valence-corrected chi connectivity index (χ1v) is 9.90. The standard InChI is InChI=1S/C16H23ClOSi/c1-16(2,3)19(4,5)18-13-9-8-11-14-10-6-7-12-15(14)17/h6-7,10,12H,9,13H2,1-5H3. The van der Waals surface area contributed by atoms with Gasteiger partial charge in [-0.3, -0.25) is 0 Å². The molecule has 3 heteroatoms. The van der Waals surface area contributed by atoms with Crippen LogP contribution in [0.25, 0.3) is 0 Å². The Balaban J connectivity index is 2.47. The van der Waals surface area contributed by atoms with Gasteiger partial charge in [0.2, 0.25) is 0 Å². The lowest BCUT2D eigenvalue weighted by atomic mass is 10.2. The SMILES string of the molecule is CC(C)(C)[Si](C)(C)OCCC#Cc1ccccc1Cl. The maximum Gasteiger partial charge on any atom is 0.192 e. The summed E-state index contributed by atoms with van der Waals surface area (Å²) in [6, 6.07) is 7.65. The van der Waals surface area contributed by atoms with Crippen molar-refractivity contribution in [2.45, 2.75) is 45.3 Å². The molecule has 0 amide bonds. The topological polar surface area (TPSA) is 9.23 Å². The van der Waals surface area contributed by atoms with E-state index in [2.05, 4.69) is 45.7 Å². The van der Waals surface area contributed by atoms with Crippen LogP contribution in [0, 0.1) is 11.8 Å². The molecule has 0 atom stereocenters. The highest BCUT2D eigenvalue weighted by Crippen LogP contribution is 2.36. The summed E-state index contributed by atoms with van der Waals surface area (Å²) in [5.41, 5.74) is 0.886. The van der Waals surface area contributed by atoms with Crippen LogP contribution in [0.2, 0.25) is 23.2 Å². The maximum absolute atomic E-state index is 6.07. The van der Waals surface area contributed by atoms with Gasteiger partial charge in [0.25, 0.3) is 0 Å². The zero-order chi connectivity index (χ0) is 14.5. The Morgan fingerprint density at radius 1 is 1.21 bits per heavy atom. The van der Waals surface area contributed by atoms with Gasteiger partial charge in [0.15, 0.2) is 8.32 Å². The summed E-state index contributed by atoms with van der Waals surface area (Å²) >= 11 is 6.04. The Labute approximate surface area is 123 Å². The highest BCUT2D eigenvalue weighted by molar-refractivity contribution is 6.74. The van der Waals surface area contributed by atoms with Crippen LogP contribution in [-0.2, 0) is 4.43 Å². The lowest BCUT2D eigenvalue weighted by Gasteiger charge is -2.35. The zero-order valence-corrected chi connectivity index (χ0v) is 14.3. The summed E-state index contributed by atoms with van der Waals surface area (Å²) < 4.78 is 6.07. The molecule has 0 saturated carbocycles. The lowest BCUT2D eigenvalue weighted by molar-refractivity contribution is 0.296. The van der Waals surface area contributed by atoms with Crippen molar-refractivity contribution in [2.24, 2.45) is 0 Å². The number of rotatable bonds is 3. The normalized spacial score (nSPS) is 11.9. The average molecular weight is 295 g/mol. The van der Waals surface area contributed by atoms with Gasteiger partial charge in [0.1, 0.15) is 0 Å². The van der Waals surface area contributed by atoms with Crippen molar-refractivity contribution in [2.75, 3.05) is 6.61 Å². The van der Waals surface area contributed by atoms with Crippen molar-refractivity contribution >= 4 is 19.9 Å². The third kappa shape index (κ3) is 5.02. The molecule has 0 aromatic heterocycles. The molecule has 0 spiro atoms. The zero-order valence-electron chi connectivity index (χ0n) is 12.5. The van der Waals surface area contributed by atoms with Crippen molar-refractivity contribution in [3.63, 3.8) is 0 Å². The number of halogens is 1. The minimum atomic E-state index is -1.64. The van der Waals surface area contributed by atoms with E-state index in [9.17, 15) is 0 Å². The summed E-state index contributed by atoms with van der Waals surface area (Å²) in [6.07, 6.45) is 0.748. The monoisotopic (exact) mass is 294 g/mol. The fraction of sp³-hybridized carbons (Fsp3) is 0.500. The Morgan fingerprint density at radius 3 is 2.42 bits per heavy atom. The lowest BCUT2D eigenvalue weighted by Crippen LogP contribution is -2.40. The van der Waals surface area contributed by atoms with Crippen molar-refractivity contribution in [3.05, 3.63) is 34.9 Å². The predicted octanol–water partition coefficient (Wildman–Crippen LogP) is 5.10. The summed E-state index contributed by atoms with van der Waals surface area (Å²) in [5.74, 6) is 6.22. The van der Waals surface area contributed by atoms with E-state index in [0.29, 0.717) is 11.6 Å². The third-order valence-electron chi connectivity index (χ3n) is 3.59. The molecule has 0 aliphatic rings. The molecular weight excluding hydrogens is 272 g/mol. The molecule has 0 bridgehead atoms. The molecule has 0 unspecified atom stereocenters. The molecule has 0 radical (unpaired) electrons. The molecule has 1 aromatic carbocycles. The molecule has 104 valence electrons. The van der Waals surface area contributed by atoms with Crippen molar-refractivity contribution in [1.29, 1.82) is 0 Å². The van der Waals surface area contributed by atoms with E-state index < -0.39 is 8.32 Å². The number of hydrogen-bond donors (Lipinski definition) is 0. The van der Waals surface area contributed by atoms with Crippen LogP contribution >= 0.6 is 11.6 Å². The minimum absolute atomic E-state index is 0.253. The number of hydrogen-bond acceptors (Lipinski definition) is 1. The quantitative estimate of drug-likeness (QED) is 0.428. The molecular formula is C16H23ClOSi. The van der Waals surface area contributed by atoms with Gasteiger partial charge in [0.05, 0.1) is 5.02 Å². The molecule has 19 heavy (non-hydrogen) atoms. The molecule has 0 aliphatic carbocycles. The minimum Gasteiger partial charge on any atom is -0.416 e. The Kier molecular flexibility index (Phi) is 5.67. The van der Waals surface area contributed by atoms with Gasteiger partial charge in [0, 0.05) is 18.6 Å². The molecule has 0 fully saturated rings. The van der Waals surface area contributed by atoms with Crippen LogP contribution in [0.5, 0.6) is 0 Å². The molecule has 0 saturated heterocycles. The first kappa shape index (κ1) is 16.3. The third-order valence-corrected chi connectivity index (χ3v) is 8.46. The van der Waals surface area contributed by atoms with Crippen LogP contribution < -0.4 is 0 Å². The largest absolute Gasteiger partial charge is 0.416 e. The second kappa shape index (κ2) is 6.61. The average Bonchev–Trinajstić information content (AvgIpc) is 2.29. The van der Waals surface area contributed by atoms with E-state index in [0.717, 1.165) is 12.0 Å². The van der Waals surface area contributed by atoms with E-state index in [4.69, 9.17) is 16.0 Å². The molecule has 0 N–H and O–H groups in total. The van der Waals surface area contributed by atoms with E-state index in [1.165, 1.54) is 0 Å². The van der Waals surface area contributed by atoms with Crippen LogP contribution in [-0.4, -0.2) is 14.9 Å². The predicted molar refractivity (Wildman–Crippen MR) is 86.1 cm³/mol. The second-order valence-corrected chi connectivity index (χ2v) is 11.4. The van der Waals surface area contributed by atoms with Gasteiger partial charge in [-0.15, -0.1) is 0 Å². The summed E-state index contributed by atoms with van der Waals surface area (Å²) in [4.78, 5) is 0. The first-order chi connectivity index (χ1) is 8.74. The van der Waals surface area contributed by atoms with Gasteiger partial charge in [-0.05, 0) is 30.3 Å². The summed E-state index contributed by atoms with van der Waals surface area (Å²) in [7, 11) is -1.64. The fourth-order valence-corrected chi connectivity index (χ4v) is 2.52. The van der Waals surface area contributed by atoms with Gasteiger partial charge >= 0.3 is 0 Å². The maximum atomic E-state index is 6.07. The van der Waals surface area contributed by atoms with Crippen molar-refractivity contribution in [3.8, 4) is 11.8 Å². The molecule has 1 rings (SSSR count). The van der Waals surface area contributed by atoms with Gasteiger partial charge in [-0.2, -0.15) is 0 Å². The Bertz CT molecular complexity index is 478. The van der Waals surface area contributed by atoms with Gasteiger partial charge in [-0.1, -0.05) is 56.3 Å². The fourth-order valence-electron chi connectivity index (χ4n) is 1.29. The summed E-state index contributed by atoms with van der Waals surface area (Å²) in [5, 5.41) is 0.962. The Hall–Kier alpha value is -0.753. The van der Waals surface area contributed by atoms with E-state index >= 15 is 0 Å². The van der Waals surface area contributed by atoms with Gasteiger partial charge < -0.3 is 4.43 Å². The highest BCUT2D eigenvalue weighted by atomic mass is 35.5. The van der Waals surface area contributed by atoms with Gasteiger partial charge in [-0.25, -0.2) is 0 Å². The molecule has 0 heterocycles. The first-order valence-electron chi connectivity index (χ1n) is 6.61. The highest BCUT2D eigenvalue weighted by Gasteiger charge is 2.36. The summed E-state index contributed by atoms with van der Waals surface area (Å²) in [6.45, 7) is 12.0.